The predicted molar refractivity (Wildman–Crippen MR) is 354 cm³/mol. The van der Waals surface area contributed by atoms with Crippen LogP contribution < -0.4 is 34.2 Å². The molecule has 19 heterocycles. The molecule has 109 heavy (non-hydrogen) atoms. The normalized spacial score (nSPS) is 33.9. The van der Waals surface area contributed by atoms with E-state index in [0.717, 1.165) is 4.57 Å². The zero-order chi connectivity index (χ0) is 77.3. The number of fused-ring (bicyclic) bond motifs is 9. The zero-order valence-electron chi connectivity index (χ0n) is 57.0. The third kappa shape index (κ3) is 11.7. The van der Waals surface area contributed by atoms with E-state index in [1.165, 1.54) is 54.8 Å². The summed E-state index contributed by atoms with van der Waals surface area (Å²) in [4.78, 5) is 128. The number of rotatable bonds is 10. The molecule has 0 aromatic carbocycles. The summed E-state index contributed by atoms with van der Waals surface area (Å²) >= 11 is 3.34. The second kappa shape index (κ2) is 27.1. The Kier molecular flexibility index (Phi) is 18.1. The van der Waals surface area contributed by atoms with Crippen LogP contribution >= 0.6 is 15.9 Å². The van der Waals surface area contributed by atoms with Crippen LogP contribution in [0.4, 0.5) is 47.2 Å². The molecule has 10 fully saturated rings. The summed E-state index contributed by atoms with van der Waals surface area (Å²) in [6.07, 6.45) is -4.16. The minimum Gasteiger partial charge on any atom is -0.424 e. The number of carbonyl (C=O) groups excluding carboxylic acids is 5. The highest BCUT2D eigenvalue weighted by Gasteiger charge is 2.69. The summed E-state index contributed by atoms with van der Waals surface area (Å²) in [6, 6.07) is 3.18. The van der Waals surface area contributed by atoms with Gasteiger partial charge in [0.1, 0.15) is 72.3 Å². The summed E-state index contributed by atoms with van der Waals surface area (Å²) < 4.78 is 88.5. The molecule has 0 unspecified atom stereocenters. The van der Waals surface area contributed by atoms with Gasteiger partial charge in [-0.25, -0.2) is 78.6 Å². The summed E-state index contributed by atoms with van der Waals surface area (Å²) in [5.74, 6) is 0.875. The highest BCUT2D eigenvalue weighted by molar-refractivity contribution is 9.10. The van der Waals surface area contributed by atoms with Crippen LogP contribution in [0.2, 0.25) is 0 Å². The van der Waals surface area contributed by atoms with Crippen LogP contribution in [-0.2, 0) is 71.1 Å². The van der Waals surface area contributed by atoms with Gasteiger partial charge in [0.05, 0.1) is 57.4 Å². The number of nitrogens with one attached hydrogen (secondary N) is 1. The van der Waals surface area contributed by atoms with Gasteiger partial charge in [-0.15, -0.1) is 0 Å². The van der Waals surface area contributed by atoms with Crippen molar-refractivity contribution in [2.75, 3.05) is 56.0 Å². The van der Waals surface area contributed by atoms with Crippen LogP contribution in [0, 0.1) is 0 Å². The van der Waals surface area contributed by atoms with Gasteiger partial charge in [0, 0.05) is 12.4 Å². The molecule has 20 atom stereocenters. The van der Waals surface area contributed by atoms with Gasteiger partial charge in [-0.2, -0.15) is 4.98 Å². The van der Waals surface area contributed by atoms with E-state index in [4.69, 9.17) is 94.0 Å². The molecular formula is C60H64BrN21O27. The first-order valence-corrected chi connectivity index (χ1v) is 33.5. The number of ether oxygens (including phenoxy) is 15. The fourth-order valence-electron chi connectivity index (χ4n) is 14.8. The molecule has 48 nitrogen and oxygen atoms in total. The number of hydrogen-bond donors (Lipinski definition) is 10. The van der Waals surface area contributed by atoms with Gasteiger partial charge in [-0.1, -0.05) is 0 Å². The average molecular weight is 1590 g/mol. The van der Waals surface area contributed by atoms with Crippen molar-refractivity contribution in [2.45, 2.75) is 155 Å². The van der Waals surface area contributed by atoms with E-state index in [2.05, 4.69) is 75.7 Å². The number of anilines is 4. The Balaban J connectivity index is 0.000000109. The van der Waals surface area contributed by atoms with E-state index >= 15 is 0 Å². The SMILES string of the molecule is C[C@@]12OC(=O)O[C@@H]1[C@@H](CO)O[C@H]2n1c(Br)nc2c(N)ncnc21.C[C@@]12OC(=O)O[C@@H]1[C@@H](CO)O[C@H]2n1ccc(N)nc1=O.C[C@@]12OC(=O)O[C@@H]1[C@@H](CO)O[C@H]2n1ccc2c(N)ncnc21.C[C@@]12OC(=O)O[C@@H]1[C@@H](CO)O[C@H]2n1cnc2c(=O)[nH]cnc21.C[C@@]12OC(=O)O[C@@H]1[C@@H](CO)O[C@H]2n1cnc2c(N)ncnc21. The molecule has 9 aromatic heterocycles. The fraction of sp³-hybridized carbons (Fsp3) is 0.500. The number of aromatic nitrogens is 17. The number of nitrogens with zero attached hydrogens (tertiary/aromatic N) is 16. The van der Waals surface area contributed by atoms with Gasteiger partial charge < -0.3 is 129 Å². The van der Waals surface area contributed by atoms with Gasteiger partial charge in [0.2, 0.25) is 0 Å². The lowest BCUT2D eigenvalue weighted by atomic mass is 9.96. The summed E-state index contributed by atoms with van der Waals surface area (Å²) in [5.41, 5.74) is 18.8. The van der Waals surface area contributed by atoms with Gasteiger partial charge in [-0.3, -0.25) is 23.1 Å². The molecule has 10 saturated heterocycles. The van der Waals surface area contributed by atoms with Crippen molar-refractivity contribution in [2.24, 2.45) is 0 Å². The maximum Gasteiger partial charge on any atom is 0.509 e. The molecule has 0 saturated carbocycles. The molecule has 578 valence electrons. The second-order valence-electron chi connectivity index (χ2n) is 26.5. The van der Waals surface area contributed by atoms with Gasteiger partial charge >= 0.3 is 36.5 Å². The fourth-order valence-corrected chi connectivity index (χ4v) is 15.3. The van der Waals surface area contributed by atoms with Crippen LogP contribution in [-0.4, -0.2) is 261 Å². The highest BCUT2D eigenvalue weighted by atomic mass is 79.9. The van der Waals surface area contributed by atoms with E-state index in [-0.39, 0.29) is 67.2 Å². The number of aliphatic hydroxyl groups excluding tert-OH is 5. The molecule has 19 rings (SSSR count). The lowest BCUT2D eigenvalue weighted by Crippen LogP contribution is -2.44. The van der Waals surface area contributed by atoms with E-state index in [9.17, 15) is 59.1 Å². The van der Waals surface area contributed by atoms with Crippen molar-refractivity contribution in [3.05, 3.63) is 88.1 Å². The predicted octanol–water partition coefficient (Wildman–Crippen LogP) is -1.54. The van der Waals surface area contributed by atoms with Crippen LogP contribution in [0.3, 0.4) is 0 Å². The lowest BCUT2D eigenvalue weighted by molar-refractivity contribution is -0.0943. The Morgan fingerprint density at radius 1 is 0.422 bits per heavy atom. The third-order valence-corrected chi connectivity index (χ3v) is 20.4. The second-order valence-corrected chi connectivity index (χ2v) is 27.2. The van der Waals surface area contributed by atoms with Crippen LogP contribution in [0.15, 0.2) is 76.8 Å². The molecule has 10 aliphatic heterocycles. The Morgan fingerprint density at radius 3 is 1.24 bits per heavy atom. The molecule has 0 aliphatic carbocycles. The number of carbonyl (C=O) groups is 5. The van der Waals surface area contributed by atoms with E-state index < -0.39 is 157 Å². The van der Waals surface area contributed by atoms with Crippen LogP contribution in [0.1, 0.15) is 65.8 Å². The van der Waals surface area contributed by atoms with Gasteiger partial charge in [0.25, 0.3) is 5.56 Å². The minimum atomic E-state index is -1.22. The van der Waals surface area contributed by atoms with E-state index in [1.54, 1.807) is 60.6 Å². The molecule has 0 amide bonds. The van der Waals surface area contributed by atoms with Gasteiger partial charge in [-0.05, 0) is 62.7 Å². The Morgan fingerprint density at radius 2 is 0.789 bits per heavy atom. The van der Waals surface area contributed by atoms with Crippen LogP contribution in [0.25, 0.3) is 44.5 Å². The summed E-state index contributed by atoms with van der Waals surface area (Å²) in [6.45, 7) is 6.64. The molecule has 9 aromatic rings. The highest BCUT2D eigenvalue weighted by Crippen LogP contribution is 2.53. The number of hydrogen-bond acceptors (Lipinski definition) is 42. The molecule has 0 radical (unpaired) electrons. The maximum atomic E-state index is 11.9. The van der Waals surface area contributed by atoms with Crippen LogP contribution in [0.5, 0.6) is 0 Å². The number of nitrogen functional groups attached to an aromatic ring is 4. The molecule has 0 bridgehead atoms. The van der Waals surface area contributed by atoms with Crippen molar-refractivity contribution in [3.8, 4) is 0 Å². The van der Waals surface area contributed by atoms with Crippen molar-refractivity contribution in [1.29, 1.82) is 0 Å². The van der Waals surface area contributed by atoms with Crippen molar-refractivity contribution in [1.82, 2.24) is 82.6 Å². The average Bonchev–Trinajstić information content (AvgIpc) is 1.57. The Labute approximate surface area is 614 Å². The van der Waals surface area contributed by atoms with Crippen molar-refractivity contribution >= 4 is 115 Å². The number of H-pyrrole nitrogens is 1. The minimum absolute atomic E-state index is 0.0734. The topological polar surface area (TPSA) is 645 Å². The maximum absolute atomic E-state index is 11.9. The number of nitrogens with two attached hydrogens (primary N) is 4. The third-order valence-electron chi connectivity index (χ3n) is 19.9. The van der Waals surface area contributed by atoms with Crippen molar-refractivity contribution in [3.63, 3.8) is 0 Å². The Hall–Kier alpha value is -11.4. The molecular weight excluding hydrogens is 1530 g/mol. The summed E-state index contributed by atoms with van der Waals surface area (Å²) in [5, 5.41) is 47.8. The van der Waals surface area contributed by atoms with E-state index in [1.807, 2.05) is 0 Å². The first-order valence-electron chi connectivity index (χ1n) is 32.7. The first-order chi connectivity index (χ1) is 52.0. The number of halogens is 1. The van der Waals surface area contributed by atoms with Gasteiger partial charge in [0.15, 0.2) is 134 Å². The quantitative estimate of drug-likeness (QED) is 0.0421. The Bertz CT molecular complexity index is 5110. The number of aromatic amines is 1. The molecule has 49 heteroatoms. The molecule has 10 aliphatic rings. The molecule has 0 spiro atoms. The van der Waals surface area contributed by atoms with E-state index in [0.29, 0.717) is 43.9 Å². The monoisotopic (exact) mass is 1590 g/mol. The number of aliphatic hydroxyl groups is 5. The summed E-state index contributed by atoms with van der Waals surface area (Å²) in [7, 11) is 0. The molecule has 14 N–H and O–H groups in total. The lowest BCUT2D eigenvalue weighted by Gasteiger charge is -2.26. The zero-order valence-corrected chi connectivity index (χ0v) is 58.6. The largest absolute Gasteiger partial charge is 0.509 e. The smallest absolute Gasteiger partial charge is 0.424 e. The first kappa shape index (κ1) is 73.1. The number of imidazole rings is 3. The standard InChI is InChI=1S/C13H14N4O5.C12H12BrN5O5.C12H13N5O5.C12H12N4O6.C11H13N3O6/c1-13-8(21-12(19)22-13)7(4-18)20-11(13)17-3-2-6-9(14)15-5-16-10(6)17;1-12-6(22-11(20)23-12)4(2-19)21-9(12)18-8-5(17-10(18)13)7(14)15-3-16-8;1-12-7(21-11(19)22-12)5(2-18)20-10(12)17-4-16-6-8(13)14-3-15-9(6)17;1-12-7(21-11(19)22-12)5(2-17)20-10(12)16-4-15-6-8(16)13-3-14-9(6)18;1-11-7(19-10(17)20-11)5(4-15)18-8(11)14-3-2-6(12)13-9(14)16/h2-3,5,7-8,11,18H,4H2,1H3,(H2,14,15,16);3-4,6,9,19H,2H2,1H3,(H2,14,15,16);3-5,7,10,18H,2H2,1H3,(H2,13,14,15);3-5,7,10,17H,2H2,1H3,(H,13,14,18);2-3,5,7-8,15H,4H2,1H3,(H2,12,13,16)/t7-,8-,11-,13-;4-,6-,9-,12-;2*5-,7-,10-,12-;5-,7-,8-,11-/m11111/s1. The van der Waals surface area contributed by atoms with Crippen molar-refractivity contribution < 1.29 is 121 Å².